The van der Waals surface area contributed by atoms with Crippen LogP contribution in [0, 0.1) is 0 Å². The molecule has 4 heteroatoms. The fraction of sp³-hybridized carbons (Fsp3) is 0. The zero-order valence-corrected chi connectivity index (χ0v) is 22.5. The largest absolute Gasteiger partial charge is 0.254 e. The molecule has 0 N–H and O–H groups in total. The van der Waals surface area contributed by atoms with Gasteiger partial charge in [0, 0.05) is 40.5 Å². The van der Waals surface area contributed by atoms with E-state index in [1.807, 2.05) is 30.5 Å². The van der Waals surface area contributed by atoms with Gasteiger partial charge in [-0.2, -0.15) is 0 Å². The summed E-state index contributed by atoms with van der Waals surface area (Å²) in [5.41, 5.74) is 7.12. The Labute approximate surface area is 241 Å². The molecule has 3 aromatic heterocycles. The van der Waals surface area contributed by atoms with Crippen LogP contribution in [0.2, 0.25) is 0 Å². The Kier molecular flexibility index (Phi) is 4.87. The van der Waals surface area contributed by atoms with Crippen LogP contribution in [0.1, 0.15) is 0 Å². The minimum Gasteiger partial charge on any atom is -0.254 e. The van der Waals surface area contributed by atoms with Crippen molar-refractivity contribution in [3.8, 4) is 33.8 Å². The van der Waals surface area contributed by atoms with Crippen LogP contribution < -0.4 is 0 Å². The van der Waals surface area contributed by atoms with Crippen LogP contribution in [0.4, 0.5) is 0 Å². The maximum absolute atomic E-state index is 5.16. The van der Waals surface area contributed by atoms with Gasteiger partial charge in [-0.15, -0.1) is 0 Å². The van der Waals surface area contributed by atoms with Crippen molar-refractivity contribution >= 4 is 54.1 Å². The van der Waals surface area contributed by atoms with Crippen molar-refractivity contribution in [2.75, 3.05) is 0 Å². The van der Waals surface area contributed by atoms with Crippen molar-refractivity contribution in [3.63, 3.8) is 0 Å². The first-order valence-electron chi connectivity index (χ1n) is 14.1. The van der Waals surface area contributed by atoms with E-state index in [0.29, 0.717) is 5.82 Å². The lowest BCUT2D eigenvalue weighted by atomic mass is 9.87. The molecule has 4 nitrogen and oxygen atoms in total. The Balaban J connectivity index is 1.26. The Hall–Kier alpha value is -5.74. The number of aromatic nitrogens is 4. The molecule has 0 radical (unpaired) electrons. The molecule has 3 heterocycles. The van der Waals surface area contributed by atoms with Crippen LogP contribution in [0.3, 0.4) is 0 Å². The summed E-state index contributed by atoms with van der Waals surface area (Å²) in [5, 5.41) is 9.86. The zero-order valence-electron chi connectivity index (χ0n) is 22.5. The molecule has 0 amide bonds. The molecule has 0 saturated heterocycles. The topological polar surface area (TPSA) is 51.6 Å². The van der Waals surface area contributed by atoms with E-state index in [9.17, 15) is 0 Å². The first-order chi connectivity index (χ1) is 20.8. The lowest BCUT2D eigenvalue weighted by Crippen LogP contribution is -1.93. The van der Waals surface area contributed by atoms with E-state index in [0.717, 1.165) is 38.6 Å². The summed E-state index contributed by atoms with van der Waals surface area (Å²) < 4.78 is 0. The van der Waals surface area contributed by atoms with Gasteiger partial charge in [0.1, 0.15) is 0 Å². The summed E-state index contributed by atoms with van der Waals surface area (Å²) in [6.07, 6.45) is 5.38. The van der Waals surface area contributed by atoms with Crippen molar-refractivity contribution < 1.29 is 0 Å². The Bertz CT molecular complexity index is 2450. The average molecular weight is 535 g/mol. The number of benzene rings is 6. The van der Waals surface area contributed by atoms with E-state index >= 15 is 0 Å². The summed E-state index contributed by atoms with van der Waals surface area (Å²) in [6.45, 7) is 0. The third-order valence-corrected chi connectivity index (χ3v) is 8.35. The SMILES string of the molecule is c1cnc(-c2ccc(-c3ccc4cc(-c5cc6cccc7ccc8cccc5c8c76)c5cccnc5c4n3)cc2)nc1. The highest BCUT2D eigenvalue weighted by molar-refractivity contribution is 6.27. The second-order valence-electron chi connectivity index (χ2n) is 10.7. The van der Waals surface area contributed by atoms with Gasteiger partial charge in [0.05, 0.1) is 16.7 Å². The van der Waals surface area contributed by atoms with Gasteiger partial charge in [-0.3, -0.25) is 4.98 Å². The Morgan fingerprint density at radius 2 is 1.05 bits per heavy atom. The van der Waals surface area contributed by atoms with Crippen molar-refractivity contribution in [2.45, 2.75) is 0 Å². The number of hydrogen-bond acceptors (Lipinski definition) is 4. The van der Waals surface area contributed by atoms with E-state index in [1.54, 1.807) is 12.4 Å². The summed E-state index contributed by atoms with van der Waals surface area (Å²) in [6, 6.07) is 40.8. The standard InChI is InChI=1S/C38H22N4/c1-5-24-12-13-25-6-2-8-29-31(21-27(7-1)34(24)35(25)29)32-22-28-16-17-33(42-36(28)37-30(32)9-3-18-39-37)23-10-14-26(15-11-23)38-40-19-4-20-41-38/h1-22H. The van der Waals surface area contributed by atoms with Gasteiger partial charge in [-0.25, -0.2) is 15.0 Å². The van der Waals surface area contributed by atoms with Crippen LogP contribution in [0.15, 0.2) is 134 Å². The van der Waals surface area contributed by atoms with Gasteiger partial charge in [0.15, 0.2) is 5.82 Å². The normalized spacial score (nSPS) is 11.8. The molecule has 0 bridgehead atoms. The quantitative estimate of drug-likeness (QED) is 0.212. The molecule has 0 atom stereocenters. The molecule has 9 rings (SSSR count). The lowest BCUT2D eigenvalue weighted by molar-refractivity contribution is 1.18. The molecule has 0 unspecified atom stereocenters. The second kappa shape index (κ2) is 8.88. The summed E-state index contributed by atoms with van der Waals surface area (Å²) in [7, 11) is 0. The highest BCUT2D eigenvalue weighted by atomic mass is 14.8. The highest BCUT2D eigenvalue weighted by Gasteiger charge is 2.17. The number of hydrogen-bond donors (Lipinski definition) is 0. The van der Waals surface area contributed by atoms with Gasteiger partial charge in [-0.1, -0.05) is 84.9 Å². The zero-order chi connectivity index (χ0) is 27.6. The molecule has 0 saturated carbocycles. The molecule has 6 aromatic carbocycles. The average Bonchev–Trinajstić information content (AvgIpc) is 3.07. The Morgan fingerprint density at radius 3 is 1.90 bits per heavy atom. The monoisotopic (exact) mass is 534 g/mol. The maximum atomic E-state index is 5.16. The van der Waals surface area contributed by atoms with E-state index in [1.165, 1.54) is 43.4 Å². The van der Waals surface area contributed by atoms with Crippen molar-refractivity contribution in [2.24, 2.45) is 0 Å². The van der Waals surface area contributed by atoms with Gasteiger partial charge in [0.2, 0.25) is 0 Å². The molecule has 0 aliphatic heterocycles. The smallest absolute Gasteiger partial charge is 0.159 e. The number of fused-ring (bicyclic) bond motifs is 3. The van der Waals surface area contributed by atoms with Gasteiger partial charge in [-0.05, 0) is 73.8 Å². The van der Waals surface area contributed by atoms with Gasteiger partial charge in [0.25, 0.3) is 0 Å². The minimum atomic E-state index is 0.713. The molecule has 0 aliphatic carbocycles. The number of pyridine rings is 2. The third kappa shape index (κ3) is 3.42. The maximum Gasteiger partial charge on any atom is 0.159 e. The lowest BCUT2D eigenvalue weighted by Gasteiger charge is -2.17. The van der Waals surface area contributed by atoms with Crippen molar-refractivity contribution in [1.82, 2.24) is 19.9 Å². The fourth-order valence-electron chi connectivity index (χ4n) is 6.43. The molecular weight excluding hydrogens is 512 g/mol. The molecule has 0 aliphatic rings. The first-order valence-corrected chi connectivity index (χ1v) is 14.1. The number of nitrogens with zero attached hydrogens (tertiary/aromatic N) is 4. The number of rotatable bonds is 3. The predicted octanol–water partition coefficient (Wildman–Crippen LogP) is 9.47. The van der Waals surface area contributed by atoms with E-state index < -0.39 is 0 Å². The highest BCUT2D eigenvalue weighted by Crippen LogP contribution is 2.43. The fourth-order valence-corrected chi connectivity index (χ4v) is 6.43. The predicted molar refractivity (Wildman–Crippen MR) is 173 cm³/mol. The van der Waals surface area contributed by atoms with E-state index in [2.05, 4.69) is 101 Å². The van der Waals surface area contributed by atoms with Crippen LogP contribution in [0.25, 0.3) is 87.9 Å². The minimum absolute atomic E-state index is 0.713. The molecule has 194 valence electrons. The van der Waals surface area contributed by atoms with Crippen LogP contribution in [-0.2, 0) is 0 Å². The molecule has 42 heavy (non-hydrogen) atoms. The second-order valence-corrected chi connectivity index (χ2v) is 10.7. The van der Waals surface area contributed by atoms with Crippen LogP contribution >= 0.6 is 0 Å². The van der Waals surface area contributed by atoms with E-state index in [4.69, 9.17) is 9.97 Å². The Morgan fingerprint density at radius 1 is 0.405 bits per heavy atom. The molecular formula is C38H22N4. The van der Waals surface area contributed by atoms with Gasteiger partial charge < -0.3 is 0 Å². The third-order valence-electron chi connectivity index (χ3n) is 8.35. The van der Waals surface area contributed by atoms with Crippen LogP contribution in [0.5, 0.6) is 0 Å². The summed E-state index contributed by atoms with van der Waals surface area (Å²) in [5.74, 6) is 0.713. The van der Waals surface area contributed by atoms with E-state index in [-0.39, 0.29) is 0 Å². The van der Waals surface area contributed by atoms with Crippen molar-refractivity contribution in [3.05, 3.63) is 134 Å². The molecule has 0 spiro atoms. The summed E-state index contributed by atoms with van der Waals surface area (Å²) >= 11 is 0. The summed E-state index contributed by atoms with van der Waals surface area (Å²) in [4.78, 5) is 18.8. The molecule has 9 aromatic rings. The van der Waals surface area contributed by atoms with Crippen molar-refractivity contribution in [1.29, 1.82) is 0 Å². The first kappa shape index (κ1) is 23.0. The van der Waals surface area contributed by atoms with Gasteiger partial charge >= 0.3 is 0 Å². The molecule has 0 fully saturated rings. The van der Waals surface area contributed by atoms with Crippen LogP contribution in [-0.4, -0.2) is 19.9 Å².